The highest BCUT2D eigenvalue weighted by Gasteiger charge is 2.43. The maximum absolute atomic E-state index is 14.6. The Kier molecular flexibility index (Phi) is 4.60. The molecule has 4 rings (SSSR count). The van der Waals surface area contributed by atoms with Crippen molar-refractivity contribution in [3.05, 3.63) is 51.7 Å². The second kappa shape index (κ2) is 6.65. The van der Waals surface area contributed by atoms with Gasteiger partial charge in [-0.15, -0.1) is 11.3 Å². The summed E-state index contributed by atoms with van der Waals surface area (Å²) < 4.78 is 41.3. The number of sulfonamides is 1. The summed E-state index contributed by atoms with van der Waals surface area (Å²) in [4.78, 5) is 9.34. The Morgan fingerprint density at radius 3 is 2.72 bits per heavy atom. The van der Waals surface area contributed by atoms with Crippen LogP contribution in [0.1, 0.15) is 17.4 Å². The van der Waals surface area contributed by atoms with Gasteiger partial charge < -0.3 is 5.73 Å². The van der Waals surface area contributed by atoms with Gasteiger partial charge in [0.25, 0.3) is 0 Å². The molecule has 29 heavy (non-hydrogen) atoms. The Morgan fingerprint density at radius 1 is 1.34 bits per heavy atom. The van der Waals surface area contributed by atoms with E-state index in [9.17, 15) is 12.8 Å². The molecule has 2 aromatic heterocycles. The number of rotatable bonds is 2. The summed E-state index contributed by atoms with van der Waals surface area (Å²) in [6.45, 7) is 3.49. The van der Waals surface area contributed by atoms with Crippen molar-refractivity contribution in [2.24, 2.45) is 10.7 Å². The molecule has 1 aromatic carbocycles. The fourth-order valence-electron chi connectivity index (χ4n) is 3.41. The molecule has 0 unspecified atom stereocenters. The minimum atomic E-state index is -3.64. The van der Waals surface area contributed by atoms with Crippen LogP contribution in [0.25, 0.3) is 21.3 Å². The van der Waals surface area contributed by atoms with Gasteiger partial charge in [-0.2, -0.15) is 0 Å². The molecule has 0 amide bonds. The number of aliphatic imine (C=N–C) groups is 1. The summed E-state index contributed by atoms with van der Waals surface area (Å²) in [5, 5.41) is 1.04. The minimum Gasteiger partial charge on any atom is -0.369 e. The number of aromatic nitrogens is 1. The lowest BCUT2D eigenvalue weighted by atomic mass is 10.0. The van der Waals surface area contributed by atoms with Gasteiger partial charge in [0, 0.05) is 24.2 Å². The van der Waals surface area contributed by atoms with E-state index in [0.717, 1.165) is 9.87 Å². The van der Waals surface area contributed by atoms with Crippen LogP contribution in [0.2, 0.25) is 5.02 Å². The van der Waals surface area contributed by atoms with Gasteiger partial charge in [-0.1, -0.05) is 17.7 Å². The molecule has 1 aliphatic heterocycles. The second-order valence-electron chi connectivity index (χ2n) is 7.23. The highest BCUT2D eigenvalue weighted by molar-refractivity contribution is 7.89. The van der Waals surface area contributed by atoms with E-state index >= 15 is 0 Å². The molecule has 6 nitrogen and oxygen atoms in total. The van der Waals surface area contributed by atoms with E-state index in [0.29, 0.717) is 31.2 Å². The van der Waals surface area contributed by atoms with Crippen LogP contribution < -0.4 is 5.73 Å². The Hall–Kier alpha value is -2.23. The number of halogens is 2. The summed E-state index contributed by atoms with van der Waals surface area (Å²) in [5.41, 5.74) is 6.32. The third-order valence-corrected chi connectivity index (χ3v) is 8.90. The van der Waals surface area contributed by atoms with E-state index in [1.165, 1.54) is 24.5 Å². The SMILES string of the molecule is Cc1ccc(-c2nccc3c(Cl)c([C@]4(C)CS(=O)(=O)N(C)C(N)=N4)sc23)c(F)c1. The van der Waals surface area contributed by atoms with Crippen LogP contribution in [0, 0.1) is 12.7 Å². The predicted octanol–water partition coefficient (Wildman–Crippen LogP) is 3.87. The second-order valence-corrected chi connectivity index (χ2v) is 10.6. The number of nitrogens with zero attached hydrogens (tertiary/aromatic N) is 3. The highest BCUT2D eigenvalue weighted by atomic mass is 35.5. The molecule has 0 spiro atoms. The minimum absolute atomic E-state index is 0.102. The van der Waals surface area contributed by atoms with E-state index in [4.69, 9.17) is 17.3 Å². The van der Waals surface area contributed by atoms with Gasteiger partial charge in [-0.3, -0.25) is 4.98 Å². The van der Waals surface area contributed by atoms with Gasteiger partial charge in [0.15, 0.2) is 0 Å². The molecule has 0 radical (unpaired) electrons. The molecule has 1 atom stereocenters. The first-order valence-corrected chi connectivity index (χ1v) is 11.5. The van der Waals surface area contributed by atoms with Crippen molar-refractivity contribution < 1.29 is 12.8 Å². The van der Waals surface area contributed by atoms with Crippen molar-refractivity contribution in [1.29, 1.82) is 0 Å². The fourth-order valence-corrected chi connectivity index (χ4v) is 6.75. The number of benzene rings is 1. The van der Waals surface area contributed by atoms with Crippen molar-refractivity contribution in [3.8, 4) is 11.3 Å². The van der Waals surface area contributed by atoms with Gasteiger partial charge in [-0.25, -0.2) is 22.1 Å². The molecular weight excluding hydrogens is 435 g/mol. The molecular formula is C19H18ClFN4O2S2. The van der Waals surface area contributed by atoms with Crippen LogP contribution in [0.5, 0.6) is 0 Å². The van der Waals surface area contributed by atoms with Crippen molar-refractivity contribution in [2.75, 3.05) is 12.8 Å². The average Bonchev–Trinajstić information content (AvgIpc) is 2.98. The maximum atomic E-state index is 14.6. The standard InChI is InChI=1S/C19H18ClFN4O2S2/c1-10-4-5-11(13(21)8-10)15-16-12(6-7-23-15)14(20)17(28-16)19(2)9-29(26,27)25(3)18(22)24-19/h4-8H,9H2,1-3H3,(H2,22,24)/t19-/m0/s1. The zero-order valence-corrected chi connectivity index (χ0v) is 18.3. The van der Waals surface area contributed by atoms with Crippen LogP contribution in [0.3, 0.4) is 0 Å². The number of fused-ring (bicyclic) bond motifs is 1. The molecule has 0 saturated heterocycles. The quantitative estimate of drug-likeness (QED) is 0.639. The Morgan fingerprint density at radius 2 is 2.07 bits per heavy atom. The average molecular weight is 453 g/mol. The lowest BCUT2D eigenvalue weighted by molar-refractivity contribution is 0.482. The topological polar surface area (TPSA) is 88.7 Å². The molecule has 3 aromatic rings. The van der Waals surface area contributed by atoms with Crippen molar-refractivity contribution in [1.82, 2.24) is 9.29 Å². The summed E-state index contributed by atoms with van der Waals surface area (Å²) in [6, 6.07) is 6.66. The van der Waals surface area contributed by atoms with Crippen LogP contribution in [0.15, 0.2) is 35.5 Å². The molecule has 3 heterocycles. The molecule has 0 aliphatic carbocycles. The molecule has 1 aliphatic rings. The first-order chi connectivity index (χ1) is 13.5. The van der Waals surface area contributed by atoms with E-state index < -0.39 is 15.6 Å². The van der Waals surface area contributed by atoms with Gasteiger partial charge >= 0.3 is 0 Å². The number of hydrogen-bond acceptors (Lipinski definition) is 6. The lowest BCUT2D eigenvalue weighted by Crippen LogP contribution is -2.50. The highest BCUT2D eigenvalue weighted by Crippen LogP contribution is 2.47. The molecule has 0 fully saturated rings. The summed E-state index contributed by atoms with van der Waals surface area (Å²) in [6.07, 6.45) is 1.56. The summed E-state index contributed by atoms with van der Waals surface area (Å²) in [5.74, 6) is -0.757. The lowest BCUT2D eigenvalue weighted by Gasteiger charge is -2.33. The normalized spacial score (nSPS) is 21.4. The largest absolute Gasteiger partial charge is 0.369 e. The molecule has 0 bridgehead atoms. The van der Waals surface area contributed by atoms with E-state index in [2.05, 4.69) is 9.98 Å². The fraction of sp³-hybridized carbons (Fsp3) is 0.263. The monoisotopic (exact) mass is 452 g/mol. The smallest absolute Gasteiger partial charge is 0.239 e. The van der Waals surface area contributed by atoms with Gasteiger partial charge in [0.1, 0.15) is 11.4 Å². The third kappa shape index (κ3) is 3.17. The number of nitrogens with two attached hydrogens (primary N) is 1. The number of aryl methyl sites for hydroxylation is 1. The van der Waals surface area contributed by atoms with Crippen LogP contribution in [-0.2, 0) is 15.6 Å². The third-order valence-electron chi connectivity index (χ3n) is 4.98. The Labute approximate surface area is 176 Å². The summed E-state index contributed by atoms with van der Waals surface area (Å²) in [7, 11) is -2.28. The first kappa shape index (κ1) is 20.1. The Balaban J connectivity index is 1.96. The molecule has 2 N–H and O–H groups in total. The van der Waals surface area contributed by atoms with Crippen molar-refractivity contribution >= 4 is 49.0 Å². The van der Waals surface area contributed by atoms with Crippen LogP contribution in [0.4, 0.5) is 4.39 Å². The maximum Gasteiger partial charge on any atom is 0.239 e. The Bertz CT molecular complexity index is 1290. The number of pyridine rings is 1. The van der Waals surface area contributed by atoms with Crippen molar-refractivity contribution in [2.45, 2.75) is 19.4 Å². The number of hydrogen-bond donors (Lipinski definition) is 1. The first-order valence-electron chi connectivity index (χ1n) is 8.69. The van der Waals surface area contributed by atoms with Crippen molar-refractivity contribution in [3.63, 3.8) is 0 Å². The van der Waals surface area contributed by atoms with E-state index in [1.54, 1.807) is 25.3 Å². The van der Waals surface area contributed by atoms with Gasteiger partial charge in [0.05, 0.1) is 26.0 Å². The van der Waals surface area contributed by atoms with Gasteiger partial charge in [0.2, 0.25) is 16.0 Å². The molecule has 10 heteroatoms. The number of thiophene rings is 1. The zero-order valence-electron chi connectivity index (χ0n) is 15.9. The molecule has 0 saturated carbocycles. The zero-order chi connectivity index (χ0) is 21.1. The van der Waals surface area contributed by atoms with Crippen LogP contribution >= 0.6 is 22.9 Å². The van der Waals surface area contributed by atoms with Crippen LogP contribution in [-0.4, -0.2) is 36.5 Å². The van der Waals surface area contributed by atoms with E-state index in [-0.39, 0.29) is 17.5 Å². The summed E-state index contributed by atoms with van der Waals surface area (Å²) >= 11 is 7.91. The predicted molar refractivity (Wildman–Crippen MR) is 115 cm³/mol. The van der Waals surface area contributed by atoms with E-state index in [1.807, 2.05) is 13.0 Å². The molecule has 152 valence electrons. The number of guanidine groups is 1. The van der Waals surface area contributed by atoms with Gasteiger partial charge in [-0.05, 0) is 37.6 Å².